The van der Waals surface area contributed by atoms with E-state index < -0.39 is 0 Å². The fourth-order valence-electron chi connectivity index (χ4n) is 3.17. The first-order chi connectivity index (χ1) is 9.65. The van der Waals surface area contributed by atoms with Crippen molar-refractivity contribution in [1.29, 1.82) is 0 Å². The molecule has 2 aromatic rings. The number of aromatic nitrogens is 1. The lowest BCUT2D eigenvalue weighted by atomic mass is 10.0. The average Bonchev–Trinajstić information content (AvgIpc) is 3.02. The Morgan fingerprint density at radius 1 is 1.45 bits per heavy atom. The summed E-state index contributed by atoms with van der Waals surface area (Å²) >= 11 is 0. The normalized spacial score (nSPS) is 24.4. The van der Waals surface area contributed by atoms with Gasteiger partial charge in [0.25, 0.3) is 0 Å². The van der Waals surface area contributed by atoms with Crippen molar-refractivity contribution in [2.45, 2.75) is 38.3 Å². The van der Waals surface area contributed by atoms with Gasteiger partial charge in [-0.25, -0.2) is 4.39 Å². The predicted octanol–water partition coefficient (Wildman–Crippen LogP) is 3.12. The number of aliphatic hydroxyl groups excluding tert-OH is 1. The number of rotatable bonds is 4. The van der Waals surface area contributed by atoms with Crippen LogP contribution in [-0.4, -0.2) is 22.7 Å². The van der Waals surface area contributed by atoms with Crippen molar-refractivity contribution >= 4 is 10.9 Å². The molecule has 108 valence electrons. The highest BCUT2D eigenvalue weighted by Gasteiger charge is 2.25. The third-order valence-electron chi connectivity index (χ3n) is 4.45. The molecule has 0 spiro atoms. The van der Waals surface area contributed by atoms with Crippen molar-refractivity contribution in [2.75, 3.05) is 6.54 Å². The van der Waals surface area contributed by atoms with E-state index in [2.05, 4.69) is 17.2 Å². The van der Waals surface area contributed by atoms with Crippen molar-refractivity contribution < 1.29 is 9.50 Å². The third kappa shape index (κ3) is 2.58. The van der Waals surface area contributed by atoms with Gasteiger partial charge >= 0.3 is 0 Å². The zero-order valence-electron chi connectivity index (χ0n) is 11.7. The lowest BCUT2D eigenvalue weighted by Crippen LogP contribution is -2.29. The van der Waals surface area contributed by atoms with Crippen LogP contribution in [0.1, 0.15) is 37.8 Å². The van der Waals surface area contributed by atoms with E-state index in [-0.39, 0.29) is 18.0 Å². The van der Waals surface area contributed by atoms with Crippen molar-refractivity contribution in [3.8, 4) is 0 Å². The molecule has 20 heavy (non-hydrogen) atoms. The molecule has 0 bridgehead atoms. The number of nitrogens with one attached hydrogen (secondary N) is 2. The van der Waals surface area contributed by atoms with Gasteiger partial charge in [0.15, 0.2) is 0 Å². The van der Waals surface area contributed by atoms with Crippen molar-refractivity contribution in [2.24, 2.45) is 5.92 Å². The molecule has 0 saturated heterocycles. The first kappa shape index (κ1) is 13.6. The first-order valence-corrected chi connectivity index (χ1v) is 7.33. The van der Waals surface area contributed by atoms with Gasteiger partial charge in [0.1, 0.15) is 5.82 Å². The van der Waals surface area contributed by atoms with E-state index in [1.807, 2.05) is 12.3 Å². The summed E-state index contributed by atoms with van der Waals surface area (Å²) in [7, 11) is 0. The lowest BCUT2D eigenvalue weighted by Gasteiger charge is -2.19. The van der Waals surface area contributed by atoms with Gasteiger partial charge in [0.2, 0.25) is 0 Å². The summed E-state index contributed by atoms with van der Waals surface area (Å²) in [6, 6.07) is 5.01. The highest BCUT2D eigenvalue weighted by Crippen LogP contribution is 2.27. The van der Waals surface area contributed by atoms with Crippen LogP contribution in [0.15, 0.2) is 24.4 Å². The zero-order valence-corrected chi connectivity index (χ0v) is 11.7. The summed E-state index contributed by atoms with van der Waals surface area (Å²) in [4.78, 5) is 3.12. The van der Waals surface area contributed by atoms with E-state index in [0.717, 1.165) is 42.3 Å². The molecule has 3 atom stereocenters. The Labute approximate surface area is 118 Å². The molecule has 3 nitrogen and oxygen atoms in total. The molecule has 3 N–H and O–H groups in total. The molecule has 3 unspecified atom stereocenters. The van der Waals surface area contributed by atoms with Crippen LogP contribution in [0.5, 0.6) is 0 Å². The number of hydrogen-bond donors (Lipinski definition) is 3. The molecule has 1 aliphatic carbocycles. The molecule has 1 heterocycles. The molecule has 3 rings (SSSR count). The zero-order chi connectivity index (χ0) is 14.1. The quantitative estimate of drug-likeness (QED) is 0.803. The molecule has 1 aromatic carbocycles. The Morgan fingerprint density at radius 3 is 3.05 bits per heavy atom. The van der Waals surface area contributed by atoms with Crippen LogP contribution < -0.4 is 5.32 Å². The maximum Gasteiger partial charge on any atom is 0.125 e. The van der Waals surface area contributed by atoms with E-state index in [9.17, 15) is 9.50 Å². The van der Waals surface area contributed by atoms with Crippen LogP contribution in [0.25, 0.3) is 10.9 Å². The van der Waals surface area contributed by atoms with Crippen LogP contribution in [0.3, 0.4) is 0 Å². The summed E-state index contributed by atoms with van der Waals surface area (Å²) < 4.78 is 13.2. The summed E-state index contributed by atoms with van der Waals surface area (Å²) in [6.45, 7) is 2.93. The highest BCUT2D eigenvalue weighted by molar-refractivity contribution is 5.83. The van der Waals surface area contributed by atoms with E-state index >= 15 is 0 Å². The standard InChI is InChI=1S/C16H21FN2O/c1-10(18-8-11-3-2-4-16(11)20)14-9-19-15-7-12(17)5-6-13(14)15/h5-7,9-11,16,18-20H,2-4,8H2,1H3. The minimum atomic E-state index is -0.222. The summed E-state index contributed by atoms with van der Waals surface area (Å²) in [5.74, 6) is 0.140. The number of fused-ring (bicyclic) bond motifs is 1. The van der Waals surface area contributed by atoms with Gasteiger partial charge in [-0.3, -0.25) is 0 Å². The van der Waals surface area contributed by atoms with Gasteiger partial charge in [-0.05, 0) is 49.4 Å². The van der Waals surface area contributed by atoms with E-state index in [0.29, 0.717) is 5.92 Å². The highest BCUT2D eigenvalue weighted by atomic mass is 19.1. The number of aliphatic hydroxyl groups is 1. The van der Waals surface area contributed by atoms with E-state index in [1.54, 1.807) is 0 Å². The second kappa shape index (κ2) is 5.54. The van der Waals surface area contributed by atoms with Crippen LogP contribution in [0, 0.1) is 11.7 Å². The molecule has 4 heteroatoms. The van der Waals surface area contributed by atoms with Gasteiger partial charge in [0.05, 0.1) is 6.10 Å². The Balaban J connectivity index is 1.70. The van der Waals surface area contributed by atoms with Crippen LogP contribution in [0.2, 0.25) is 0 Å². The minimum Gasteiger partial charge on any atom is -0.393 e. The Morgan fingerprint density at radius 2 is 2.30 bits per heavy atom. The van der Waals surface area contributed by atoms with Crippen molar-refractivity contribution in [3.63, 3.8) is 0 Å². The largest absolute Gasteiger partial charge is 0.393 e. The minimum absolute atomic E-state index is 0.160. The second-order valence-electron chi connectivity index (χ2n) is 5.82. The predicted molar refractivity (Wildman–Crippen MR) is 78.0 cm³/mol. The number of halogens is 1. The van der Waals surface area contributed by atoms with Gasteiger partial charge in [-0.2, -0.15) is 0 Å². The summed E-state index contributed by atoms with van der Waals surface area (Å²) in [5.41, 5.74) is 1.97. The number of H-pyrrole nitrogens is 1. The molecular weight excluding hydrogens is 255 g/mol. The number of aromatic amines is 1. The SMILES string of the molecule is CC(NCC1CCCC1O)c1c[nH]c2cc(F)ccc12. The Kier molecular flexibility index (Phi) is 3.76. The molecule has 0 amide bonds. The molecule has 1 fully saturated rings. The van der Waals surface area contributed by atoms with E-state index in [1.165, 1.54) is 12.1 Å². The molecule has 1 saturated carbocycles. The van der Waals surface area contributed by atoms with E-state index in [4.69, 9.17) is 0 Å². The Hall–Kier alpha value is -1.39. The molecule has 1 aliphatic rings. The van der Waals surface area contributed by atoms with Gasteiger partial charge in [-0.15, -0.1) is 0 Å². The fraction of sp³-hybridized carbons (Fsp3) is 0.500. The maximum absolute atomic E-state index is 13.2. The second-order valence-corrected chi connectivity index (χ2v) is 5.82. The Bertz CT molecular complexity index is 595. The maximum atomic E-state index is 13.2. The molecule has 0 aliphatic heterocycles. The fourth-order valence-corrected chi connectivity index (χ4v) is 3.17. The number of benzene rings is 1. The van der Waals surface area contributed by atoms with Gasteiger partial charge < -0.3 is 15.4 Å². The summed E-state index contributed by atoms with van der Waals surface area (Å²) in [5, 5.41) is 14.4. The topological polar surface area (TPSA) is 48.0 Å². The smallest absolute Gasteiger partial charge is 0.125 e. The summed E-state index contributed by atoms with van der Waals surface area (Å²) in [6.07, 6.45) is 4.92. The van der Waals surface area contributed by atoms with Crippen molar-refractivity contribution in [3.05, 3.63) is 35.8 Å². The monoisotopic (exact) mass is 276 g/mol. The lowest BCUT2D eigenvalue weighted by molar-refractivity contribution is 0.130. The van der Waals surface area contributed by atoms with Gasteiger partial charge in [0, 0.05) is 29.7 Å². The van der Waals surface area contributed by atoms with Crippen LogP contribution in [-0.2, 0) is 0 Å². The first-order valence-electron chi connectivity index (χ1n) is 7.33. The van der Waals surface area contributed by atoms with Crippen LogP contribution >= 0.6 is 0 Å². The molecule has 1 aromatic heterocycles. The van der Waals surface area contributed by atoms with Gasteiger partial charge in [-0.1, -0.05) is 6.42 Å². The van der Waals surface area contributed by atoms with Crippen molar-refractivity contribution in [1.82, 2.24) is 10.3 Å². The van der Waals surface area contributed by atoms with Crippen LogP contribution in [0.4, 0.5) is 4.39 Å². The molecular formula is C16H21FN2O. The third-order valence-corrected chi connectivity index (χ3v) is 4.45. The number of hydrogen-bond acceptors (Lipinski definition) is 2. The average molecular weight is 276 g/mol. The molecule has 0 radical (unpaired) electrons.